The van der Waals surface area contributed by atoms with Gasteiger partial charge in [-0.05, 0) is 90.3 Å². The van der Waals surface area contributed by atoms with Gasteiger partial charge in [0.2, 0.25) is 0 Å². The molecule has 194 valence electrons. The monoisotopic (exact) mass is 548 g/mol. The molecule has 0 nitrogen and oxygen atoms in total. The Hall–Kier alpha value is -4.85. The molecule has 0 N–H and O–H groups in total. The molecule has 10 rings (SSSR count). The van der Waals surface area contributed by atoms with Crippen molar-refractivity contribution < 1.29 is 0 Å². The minimum atomic E-state index is -0.316. The summed E-state index contributed by atoms with van der Waals surface area (Å²) >= 11 is 1.89. The zero-order valence-corrected chi connectivity index (χ0v) is 23.6. The van der Waals surface area contributed by atoms with Gasteiger partial charge < -0.3 is 0 Å². The Kier molecular flexibility index (Phi) is 4.41. The fourth-order valence-electron chi connectivity index (χ4n) is 8.12. The molecule has 0 saturated carbocycles. The van der Waals surface area contributed by atoms with Crippen molar-refractivity contribution in [2.24, 2.45) is 0 Å². The Morgan fingerprint density at radius 2 is 0.952 bits per heavy atom. The van der Waals surface area contributed by atoms with Crippen LogP contribution in [0.5, 0.6) is 0 Å². The number of rotatable bonds is 1. The first-order chi connectivity index (χ1) is 20.8. The third kappa shape index (κ3) is 2.70. The van der Waals surface area contributed by atoms with E-state index < -0.39 is 0 Å². The lowest BCUT2D eigenvalue weighted by Gasteiger charge is -2.30. The number of hydrogen-bond acceptors (Lipinski definition) is 1. The largest absolute Gasteiger partial charge is 0.0888 e. The van der Waals surface area contributed by atoms with Crippen LogP contribution in [0, 0.1) is 0 Å². The van der Waals surface area contributed by atoms with E-state index in [0.29, 0.717) is 0 Å². The first-order valence-corrected chi connectivity index (χ1v) is 15.4. The third-order valence-electron chi connectivity index (χ3n) is 9.69. The van der Waals surface area contributed by atoms with Crippen LogP contribution in [-0.4, -0.2) is 0 Å². The summed E-state index contributed by atoms with van der Waals surface area (Å²) in [6.07, 6.45) is 0. The van der Waals surface area contributed by atoms with E-state index in [1.807, 2.05) is 11.8 Å². The average Bonchev–Trinajstić information content (AvgIpc) is 3.53. The molecular weight excluding hydrogens is 525 g/mol. The molecule has 1 aliphatic heterocycles. The molecule has 2 aliphatic carbocycles. The minimum absolute atomic E-state index is 0.316. The average molecular weight is 549 g/mol. The number of benzene rings is 7. The maximum atomic E-state index is 2.44. The van der Waals surface area contributed by atoms with Crippen LogP contribution in [-0.2, 0) is 5.41 Å². The molecule has 0 atom stereocenters. The highest BCUT2D eigenvalue weighted by Gasteiger charge is 2.51. The van der Waals surface area contributed by atoms with Gasteiger partial charge in [-0.15, -0.1) is 0 Å². The van der Waals surface area contributed by atoms with Gasteiger partial charge in [0, 0.05) is 15.2 Å². The lowest BCUT2D eigenvalue weighted by atomic mass is 9.70. The van der Waals surface area contributed by atoms with Crippen LogP contribution in [0.4, 0.5) is 0 Å². The van der Waals surface area contributed by atoms with Crippen molar-refractivity contribution in [3.8, 4) is 44.5 Å². The smallest absolute Gasteiger partial charge is 0.0725 e. The summed E-state index contributed by atoms with van der Waals surface area (Å²) in [5, 5.41) is 2.68. The molecule has 0 amide bonds. The minimum Gasteiger partial charge on any atom is -0.0888 e. The topological polar surface area (TPSA) is 0 Å². The van der Waals surface area contributed by atoms with Crippen molar-refractivity contribution in [2.45, 2.75) is 15.2 Å². The van der Waals surface area contributed by atoms with Crippen molar-refractivity contribution in [1.29, 1.82) is 0 Å². The van der Waals surface area contributed by atoms with Gasteiger partial charge >= 0.3 is 0 Å². The van der Waals surface area contributed by atoms with Gasteiger partial charge in [0.1, 0.15) is 0 Å². The van der Waals surface area contributed by atoms with Crippen molar-refractivity contribution in [2.75, 3.05) is 0 Å². The molecule has 7 aromatic rings. The van der Waals surface area contributed by atoms with Crippen LogP contribution < -0.4 is 0 Å². The maximum absolute atomic E-state index is 2.44. The van der Waals surface area contributed by atoms with Gasteiger partial charge in [0.05, 0.1) is 5.41 Å². The van der Waals surface area contributed by atoms with E-state index in [-0.39, 0.29) is 5.41 Å². The molecule has 1 heteroatoms. The van der Waals surface area contributed by atoms with Gasteiger partial charge in [-0.2, -0.15) is 0 Å². The molecule has 7 aromatic carbocycles. The van der Waals surface area contributed by atoms with E-state index >= 15 is 0 Å². The van der Waals surface area contributed by atoms with E-state index in [4.69, 9.17) is 0 Å². The lowest BCUT2D eigenvalue weighted by molar-refractivity contribution is 0.794. The molecule has 0 fully saturated rings. The molecule has 0 unspecified atom stereocenters. The van der Waals surface area contributed by atoms with E-state index in [0.717, 1.165) is 0 Å². The predicted octanol–water partition coefficient (Wildman–Crippen LogP) is 11.0. The Balaban J connectivity index is 1.27. The van der Waals surface area contributed by atoms with Gasteiger partial charge in [-0.1, -0.05) is 139 Å². The number of fused-ring (bicyclic) bond motifs is 12. The second kappa shape index (κ2) is 8.12. The number of hydrogen-bond donors (Lipinski definition) is 0. The summed E-state index contributed by atoms with van der Waals surface area (Å²) < 4.78 is 0. The van der Waals surface area contributed by atoms with Crippen molar-refractivity contribution in [3.05, 3.63) is 168 Å². The lowest BCUT2D eigenvalue weighted by Crippen LogP contribution is -2.25. The normalized spacial score (nSPS) is 14.3. The van der Waals surface area contributed by atoms with Crippen LogP contribution >= 0.6 is 11.8 Å². The molecule has 0 radical (unpaired) electrons. The molecule has 3 aliphatic rings. The second-order valence-electron chi connectivity index (χ2n) is 11.6. The van der Waals surface area contributed by atoms with Gasteiger partial charge in [0.25, 0.3) is 0 Å². The summed E-state index contributed by atoms with van der Waals surface area (Å²) in [6, 6.07) is 54.6. The second-order valence-corrected chi connectivity index (χ2v) is 12.7. The zero-order chi connectivity index (χ0) is 27.4. The van der Waals surface area contributed by atoms with Crippen LogP contribution in [0.2, 0.25) is 0 Å². The van der Waals surface area contributed by atoms with E-state index in [9.17, 15) is 0 Å². The molecule has 42 heavy (non-hydrogen) atoms. The van der Waals surface area contributed by atoms with Crippen LogP contribution in [0.1, 0.15) is 22.3 Å². The third-order valence-corrected chi connectivity index (χ3v) is 10.8. The zero-order valence-electron chi connectivity index (χ0n) is 22.8. The summed E-state index contributed by atoms with van der Waals surface area (Å²) in [5.41, 5.74) is 15.9. The predicted molar refractivity (Wildman–Crippen MR) is 175 cm³/mol. The highest BCUT2D eigenvalue weighted by Crippen LogP contribution is 2.64. The first kappa shape index (κ1) is 22.8. The Morgan fingerprint density at radius 1 is 0.381 bits per heavy atom. The summed E-state index contributed by atoms with van der Waals surface area (Å²) in [4.78, 5) is 2.67. The van der Waals surface area contributed by atoms with E-state index in [1.54, 1.807) is 0 Å². The SMILES string of the molecule is c1ccc2c(c1)-c1ccccc1C21c2ccccc2-c2c(-c3ccc4c(c3)-c3cccc5cccc(c35)S4)cccc21. The van der Waals surface area contributed by atoms with Gasteiger partial charge in [-0.25, -0.2) is 0 Å². The van der Waals surface area contributed by atoms with Crippen LogP contribution in [0.25, 0.3) is 55.3 Å². The summed E-state index contributed by atoms with van der Waals surface area (Å²) in [6.45, 7) is 0. The molecule has 1 spiro atoms. The standard InChI is InChI=1S/C41H24S/c1-4-17-33-28(12-1)29-13-2-5-18-34(29)41(33)35-19-6-3-14-31(35)40-27(15-9-20-36(40)41)26-22-23-37-32(24-26)30-16-7-10-25-11-8-21-38(42-37)39(25)30/h1-24H. The maximum Gasteiger partial charge on any atom is 0.0725 e. The van der Waals surface area contributed by atoms with Crippen molar-refractivity contribution in [1.82, 2.24) is 0 Å². The van der Waals surface area contributed by atoms with E-state index in [2.05, 4.69) is 146 Å². The Labute approximate surface area is 249 Å². The molecule has 0 saturated heterocycles. The molecule has 0 bridgehead atoms. The first-order valence-electron chi connectivity index (χ1n) is 14.6. The highest BCUT2D eigenvalue weighted by molar-refractivity contribution is 7.99. The van der Waals surface area contributed by atoms with Crippen LogP contribution in [0.15, 0.2) is 155 Å². The van der Waals surface area contributed by atoms with Gasteiger partial charge in [-0.3, -0.25) is 0 Å². The van der Waals surface area contributed by atoms with E-state index in [1.165, 1.54) is 87.3 Å². The van der Waals surface area contributed by atoms with Crippen molar-refractivity contribution in [3.63, 3.8) is 0 Å². The Bertz CT molecular complexity index is 2240. The molecular formula is C41H24S. The molecule has 0 aromatic heterocycles. The Morgan fingerprint density at radius 3 is 1.71 bits per heavy atom. The summed E-state index contributed by atoms with van der Waals surface area (Å²) in [5.74, 6) is 0. The highest BCUT2D eigenvalue weighted by atomic mass is 32.2. The van der Waals surface area contributed by atoms with Gasteiger partial charge in [0.15, 0.2) is 0 Å². The van der Waals surface area contributed by atoms with Crippen LogP contribution in [0.3, 0.4) is 0 Å². The summed E-state index contributed by atoms with van der Waals surface area (Å²) in [7, 11) is 0. The van der Waals surface area contributed by atoms with Crippen molar-refractivity contribution >= 4 is 22.5 Å². The molecule has 1 heterocycles. The fourth-order valence-corrected chi connectivity index (χ4v) is 9.24. The fraction of sp³-hybridized carbons (Fsp3) is 0.0244. The quantitative estimate of drug-likeness (QED) is 0.197.